The third-order valence-electron chi connectivity index (χ3n) is 4.22. The molecular formula is C21H18FN3O5. The van der Waals surface area contributed by atoms with Gasteiger partial charge in [0.25, 0.3) is 5.91 Å². The van der Waals surface area contributed by atoms with Gasteiger partial charge in [0.05, 0.1) is 6.54 Å². The smallest absolute Gasteiger partial charge is 0.355 e. The maximum Gasteiger partial charge on any atom is 0.355 e. The summed E-state index contributed by atoms with van der Waals surface area (Å²) in [5.74, 6) is -2.41. The molecular weight excluding hydrogens is 393 g/mol. The molecule has 2 aromatic carbocycles. The normalized spacial score (nSPS) is 10.5. The van der Waals surface area contributed by atoms with Crippen molar-refractivity contribution in [2.24, 2.45) is 0 Å². The molecule has 0 aliphatic rings. The highest BCUT2D eigenvalue weighted by molar-refractivity contribution is 5.95. The van der Waals surface area contributed by atoms with Crippen LogP contribution in [0.4, 0.5) is 10.1 Å². The van der Waals surface area contributed by atoms with E-state index in [0.29, 0.717) is 16.6 Å². The number of amides is 2. The average Bonchev–Trinajstić information content (AvgIpc) is 2.73. The van der Waals surface area contributed by atoms with Crippen LogP contribution in [0.1, 0.15) is 10.5 Å². The summed E-state index contributed by atoms with van der Waals surface area (Å²) in [5, 5.41) is 2.95. The van der Waals surface area contributed by atoms with E-state index < -0.39 is 30.2 Å². The number of halogens is 1. The number of aromatic amines is 1. The number of aromatic nitrogens is 1. The molecule has 0 aliphatic carbocycles. The van der Waals surface area contributed by atoms with E-state index in [9.17, 15) is 23.6 Å². The first-order chi connectivity index (χ1) is 14.3. The molecule has 0 saturated carbocycles. The fourth-order valence-electron chi connectivity index (χ4n) is 2.66. The summed E-state index contributed by atoms with van der Waals surface area (Å²) in [6.07, 6.45) is 0. The number of esters is 1. The van der Waals surface area contributed by atoms with E-state index >= 15 is 0 Å². The molecule has 0 aliphatic heterocycles. The minimum atomic E-state index is -0.865. The molecule has 0 spiro atoms. The number of rotatable bonds is 6. The molecule has 154 valence electrons. The van der Waals surface area contributed by atoms with E-state index in [4.69, 9.17) is 4.74 Å². The highest BCUT2D eigenvalue weighted by atomic mass is 19.1. The lowest BCUT2D eigenvalue weighted by atomic mass is 10.2. The van der Waals surface area contributed by atoms with Crippen LogP contribution in [0.2, 0.25) is 0 Å². The predicted molar refractivity (Wildman–Crippen MR) is 108 cm³/mol. The van der Waals surface area contributed by atoms with Crippen molar-refractivity contribution >= 4 is 34.4 Å². The van der Waals surface area contributed by atoms with Crippen molar-refractivity contribution in [1.82, 2.24) is 9.88 Å². The molecule has 0 fully saturated rings. The minimum absolute atomic E-state index is 0.0804. The van der Waals surface area contributed by atoms with Gasteiger partial charge in [0.1, 0.15) is 11.5 Å². The second kappa shape index (κ2) is 8.99. The van der Waals surface area contributed by atoms with Gasteiger partial charge in [0.15, 0.2) is 12.0 Å². The van der Waals surface area contributed by atoms with Gasteiger partial charge < -0.3 is 19.9 Å². The average molecular weight is 411 g/mol. The fourth-order valence-corrected chi connectivity index (χ4v) is 2.66. The summed E-state index contributed by atoms with van der Waals surface area (Å²) >= 11 is 0. The largest absolute Gasteiger partial charge is 0.451 e. The van der Waals surface area contributed by atoms with Crippen LogP contribution in [-0.4, -0.2) is 47.9 Å². The number of anilines is 1. The zero-order valence-corrected chi connectivity index (χ0v) is 16.0. The first kappa shape index (κ1) is 20.7. The zero-order valence-electron chi connectivity index (χ0n) is 16.0. The van der Waals surface area contributed by atoms with Crippen molar-refractivity contribution in [2.75, 3.05) is 25.5 Å². The van der Waals surface area contributed by atoms with Gasteiger partial charge in [-0.25, -0.2) is 9.18 Å². The van der Waals surface area contributed by atoms with Crippen LogP contribution in [-0.2, 0) is 14.3 Å². The Bertz CT molecular complexity index is 1160. The topological polar surface area (TPSA) is 109 Å². The van der Waals surface area contributed by atoms with Crippen LogP contribution in [0, 0.1) is 5.82 Å². The lowest BCUT2D eigenvalue weighted by Crippen LogP contribution is -2.37. The molecule has 0 saturated heterocycles. The molecule has 1 heterocycles. The van der Waals surface area contributed by atoms with Crippen molar-refractivity contribution in [3.8, 4) is 0 Å². The van der Waals surface area contributed by atoms with Crippen LogP contribution in [0.5, 0.6) is 0 Å². The van der Waals surface area contributed by atoms with Gasteiger partial charge >= 0.3 is 5.97 Å². The van der Waals surface area contributed by atoms with Gasteiger partial charge in [-0.15, -0.1) is 0 Å². The molecule has 3 aromatic rings. The summed E-state index contributed by atoms with van der Waals surface area (Å²) in [4.78, 5) is 52.3. The maximum atomic E-state index is 12.9. The highest BCUT2D eigenvalue weighted by Gasteiger charge is 2.17. The van der Waals surface area contributed by atoms with Gasteiger partial charge in [-0.05, 0) is 36.4 Å². The second-order valence-electron chi connectivity index (χ2n) is 6.47. The molecule has 3 rings (SSSR count). The Morgan fingerprint density at radius 1 is 1.10 bits per heavy atom. The summed E-state index contributed by atoms with van der Waals surface area (Å²) in [6, 6.07) is 13.0. The van der Waals surface area contributed by atoms with E-state index in [0.717, 1.165) is 11.0 Å². The highest BCUT2D eigenvalue weighted by Crippen LogP contribution is 2.09. The number of hydrogen-bond acceptors (Lipinski definition) is 5. The van der Waals surface area contributed by atoms with Crippen molar-refractivity contribution in [3.05, 3.63) is 76.3 Å². The van der Waals surface area contributed by atoms with Crippen LogP contribution in [0.15, 0.2) is 59.4 Å². The zero-order chi connectivity index (χ0) is 21.7. The number of nitrogens with zero attached hydrogens (tertiary/aromatic N) is 1. The molecule has 8 nitrogen and oxygen atoms in total. The van der Waals surface area contributed by atoms with Crippen molar-refractivity contribution in [3.63, 3.8) is 0 Å². The number of pyridine rings is 1. The monoisotopic (exact) mass is 411 g/mol. The van der Waals surface area contributed by atoms with Crippen LogP contribution in [0.25, 0.3) is 10.9 Å². The first-order valence-corrected chi connectivity index (χ1v) is 8.92. The maximum absolute atomic E-state index is 12.9. The van der Waals surface area contributed by atoms with Crippen LogP contribution in [0.3, 0.4) is 0 Å². The Kier molecular flexibility index (Phi) is 6.21. The molecule has 0 atom stereocenters. The van der Waals surface area contributed by atoms with Crippen molar-refractivity contribution in [2.45, 2.75) is 0 Å². The third-order valence-corrected chi connectivity index (χ3v) is 4.22. The van der Waals surface area contributed by atoms with E-state index in [1.807, 2.05) is 0 Å². The number of fused-ring (bicyclic) bond motifs is 1. The van der Waals surface area contributed by atoms with Crippen molar-refractivity contribution in [1.29, 1.82) is 0 Å². The lowest BCUT2D eigenvalue weighted by Gasteiger charge is -2.16. The number of ether oxygens (including phenoxy) is 1. The number of nitrogens with one attached hydrogen (secondary N) is 2. The van der Waals surface area contributed by atoms with E-state index in [2.05, 4.69) is 10.3 Å². The summed E-state index contributed by atoms with van der Waals surface area (Å²) in [7, 11) is 1.37. The number of hydrogen-bond donors (Lipinski definition) is 2. The van der Waals surface area contributed by atoms with E-state index in [-0.39, 0.29) is 17.7 Å². The summed E-state index contributed by atoms with van der Waals surface area (Å²) in [5.41, 5.74) is 0.423. The molecule has 0 bridgehead atoms. The SMILES string of the molecule is CN(CC(=O)Nc1ccc(F)cc1)C(=O)COC(=O)c1cc(=O)c2ccccc2[nH]1. The molecule has 30 heavy (non-hydrogen) atoms. The Morgan fingerprint density at radius 2 is 1.80 bits per heavy atom. The summed E-state index contributed by atoms with van der Waals surface area (Å²) in [6.45, 7) is -0.894. The number of carbonyl (C=O) groups is 3. The minimum Gasteiger partial charge on any atom is -0.451 e. The molecule has 0 radical (unpaired) electrons. The van der Waals surface area contributed by atoms with Gasteiger partial charge in [-0.2, -0.15) is 0 Å². The van der Waals surface area contributed by atoms with Gasteiger partial charge in [-0.3, -0.25) is 14.4 Å². The molecule has 9 heteroatoms. The number of carbonyl (C=O) groups excluding carboxylic acids is 3. The molecule has 1 aromatic heterocycles. The first-order valence-electron chi connectivity index (χ1n) is 8.92. The Morgan fingerprint density at radius 3 is 2.53 bits per heavy atom. The Hall–Kier alpha value is -4.01. The summed E-state index contributed by atoms with van der Waals surface area (Å²) < 4.78 is 17.8. The fraction of sp³-hybridized carbons (Fsp3) is 0.143. The Balaban J connectivity index is 1.54. The quantitative estimate of drug-likeness (QED) is 0.603. The van der Waals surface area contributed by atoms with Crippen LogP contribution >= 0.6 is 0 Å². The predicted octanol–water partition coefficient (Wildman–Crippen LogP) is 1.92. The third kappa shape index (κ3) is 5.07. The Labute approximate surface area is 170 Å². The number of benzene rings is 2. The van der Waals surface area contributed by atoms with Gasteiger partial charge in [0, 0.05) is 29.7 Å². The molecule has 2 N–H and O–H groups in total. The molecule has 2 amide bonds. The second-order valence-corrected chi connectivity index (χ2v) is 6.47. The van der Waals surface area contributed by atoms with E-state index in [1.165, 1.54) is 31.3 Å². The molecule has 0 unspecified atom stereocenters. The standard InChI is InChI=1S/C21H18FN3O5/c1-25(11-19(27)23-14-8-6-13(22)7-9-14)20(28)12-30-21(29)17-10-18(26)15-4-2-3-5-16(15)24-17/h2-10H,11-12H2,1H3,(H,23,27)(H,24,26). The van der Waals surface area contributed by atoms with Crippen LogP contribution < -0.4 is 10.7 Å². The lowest BCUT2D eigenvalue weighted by molar-refractivity contribution is -0.136. The number of para-hydroxylation sites is 1. The number of likely N-dealkylation sites (N-methyl/N-ethyl adjacent to an activating group) is 1. The van der Waals surface area contributed by atoms with Gasteiger partial charge in [0.2, 0.25) is 5.91 Å². The van der Waals surface area contributed by atoms with Crippen molar-refractivity contribution < 1.29 is 23.5 Å². The van der Waals surface area contributed by atoms with E-state index in [1.54, 1.807) is 24.3 Å². The number of H-pyrrole nitrogens is 1. The van der Waals surface area contributed by atoms with Gasteiger partial charge in [-0.1, -0.05) is 12.1 Å².